The molecule has 0 bridgehead atoms. The van der Waals surface area contributed by atoms with Crippen molar-refractivity contribution in [3.8, 4) is 22.4 Å². The van der Waals surface area contributed by atoms with Gasteiger partial charge in [-0.1, -0.05) is 6.07 Å². The van der Waals surface area contributed by atoms with Gasteiger partial charge in [0.2, 0.25) is 0 Å². The average molecular weight is 456 g/mol. The quantitative estimate of drug-likeness (QED) is 0.433. The molecule has 1 N–H and O–H groups in total. The van der Waals surface area contributed by atoms with Crippen molar-refractivity contribution in [3.63, 3.8) is 0 Å². The Kier molecular flexibility index (Phi) is 5.42. The molecule has 0 radical (unpaired) electrons. The van der Waals surface area contributed by atoms with Gasteiger partial charge in [-0.05, 0) is 93.2 Å². The van der Waals surface area contributed by atoms with Gasteiger partial charge in [-0.3, -0.25) is 9.88 Å². The molecule has 6 heteroatoms. The summed E-state index contributed by atoms with van der Waals surface area (Å²) in [5.74, 6) is -0.197. The Labute approximate surface area is 199 Å². The first-order chi connectivity index (χ1) is 16.6. The molecule has 4 aromatic rings. The van der Waals surface area contributed by atoms with Crippen LogP contribution in [0.25, 0.3) is 27.9 Å². The molecule has 0 spiro atoms. The van der Waals surface area contributed by atoms with Crippen LogP contribution >= 0.6 is 0 Å². The van der Waals surface area contributed by atoms with Crippen LogP contribution < -0.4 is 5.32 Å². The third kappa shape index (κ3) is 3.71. The van der Waals surface area contributed by atoms with Gasteiger partial charge >= 0.3 is 0 Å². The Morgan fingerprint density at radius 2 is 1.91 bits per heavy atom. The van der Waals surface area contributed by atoms with E-state index in [1.165, 1.54) is 50.4 Å². The topological polar surface area (TPSA) is 45.5 Å². The molecule has 174 valence electrons. The van der Waals surface area contributed by atoms with Gasteiger partial charge in [-0.25, -0.2) is 8.91 Å². The van der Waals surface area contributed by atoms with Gasteiger partial charge in [-0.2, -0.15) is 5.10 Å². The van der Waals surface area contributed by atoms with E-state index in [0.717, 1.165) is 41.0 Å². The standard InChI is InChI=1S/C28H30FN5/c1-20-15-22(6-7-25(20)29)27-24(5-2-11-31-27)21-8-14-34-26(16-21)23(18-32-34)17-30-19-28-9-3-12-33(28)13-4-10-28/h2,5-8,11,14-16,18,30H,3-4,9-10,12-13,17,19H2,1H3. The molecule has 0 saturated carbocycles. The Morgan fingerprint density at radius 3 is 2.74 bits per heavy atom. The number of halogens is 1. The molecular formula is C28H30FN5. The molecule has 5 heterocycles. The summed E-state index contributed by atoms with van der Waals surface area (Å²) in [6, 6.07) is 13.5. The SMILES string of the molecule is Cc1cc(-c2ncccc2-c2ccn3ncc(CNCC45CCCN4CCC5)c3c2)ccc1F. The summed E-state index contributed by atoms with van der Waals surface area (Å²) in [6.07, 6.45) is 11.0. The highest BCUT2D eigenvalue weighted by Crippen LogP contribution is 2.38. The highest BCUT2D eigenvalue weighted by molar-refractivity contribution is 5.82. The molecular weight excluding hydrogens is 425 g/mol. The van der Waals surface area contributed by atoms with E-state index in [-0.39, 0.29) is 5.82 Å². The molecule has 0 atom stereocenters. The summed E-state index contributed by atoms with van der Waals surface area (Å²) in [5.41, 5.74) is 7.17. The normalized spacial score (nSPS) is 17.5. The minimum Gasteiger partial charge on any atom is -0.311 e. The second-order valence-corrected chi connectivity index (χ2v) is 9.80. The second kappa shape index (κ2) is 8.60. The molecule has 2 aliphatic rings. The number of aromatic nitrogens is 3. The summed E-state index contributed by atoms with van der Waals surface area (Å²) in [4.78, 5) is 7.34. The number of benzene rings is 1. The van der Waals surface area contributed by atoms with Gasteiger partial charge in [0, 0.05) is 47.7 Å². The molecule has 2 fully saturated rings. The lowest BCUT2D eigenvalue weighted by atomic mass is 9.94. The van der Waals surface area contributed by atoms with Gasteiger partial charge < -0.3 is 5.32 Å². The molecule has 0 unspecified atom stereocenters. The monoisotopic (exact) mass is 455 g/mol. The number of rotatable bonds is 6. The molecule has 0 aliphatic carbocycles. The molecule has 2 saturated heterocycles. The Hall–Kier alpha value is -3.09. The Morgan fingerprint density at radius 1 is 1.06 bits per heavy atom. The van der Waals surface area contributed by atoms with Crippen LogP contribution in [0, 0.1) is 12.7 Å². The van der Waals surface area contributed by atoms with Crippen molar-refractivity contribution in [1.29, 1.82) is 0 Å². The fourth-order valence-electron chi connectivity index (χ4n) is 5.94. The lowest BCUT2D eigenvalue weighted by Gasteiger charge is -2.32. The summed E-state index contributed by atoms with van der Waals surface area (Å²) >= 11 is 0. The number of nitrogens with zero attached hydrogens (tertiary/aromatic N) is 4. The average Bonchev–Trinajstić information content (AvgIpc) is 3.55. The number of fused-ring (bicyclic) bond motifs is 2. The van der Waals surface area contributed by atoms with Gasteiger partial charge in [0.05, 0.1) is 17.4 Å². The fourth-order valence-corrected chi connectivity index (χ4v) is 5.94. The van der Waals surface area contributed by atoms with Gasteiger partial charge in [-0.15, -0.1) is 0 Å². The third-order valence-corrected chi connectivity index (χ3v) is 7.73. The van der Waals surface area contributed by atoms with Crippen LogP contribution in [0.3, 0.4) is 0 Å². The van der Waals surface area contributed by atoms with E-state index in [1.54, 1.807) is 19.2 Å². The number of hydrogen-bond donors (Lipinski definition) is 1. The van der Waals surface area contributed by atoms with Crippen molar-refractivity contribution in [3.05, 3.63) is 78.0 Å². The zero-order valence-corrected chi connectivity index (χ0v) is 19.6. The molecule has 0 amide bonds. The van der Waals surface area contributed by atoms with Crippen LogP contribution in [0.4, 0.5) is 4.39 Å². The lowest BCUT2D eigenvalue weighted by molar-refractivity contribution is 0.189. The van der Waals surface area contributed by atoms with Crippen LogP contribution in [-0.2, 0) is 6.54 Å². The van der Waals surface area contributed by atoms with E-state index in [1.807, 2.05) is 29.0 Å². The van der Waals surface area contributed by atoms with Crippen LogP contribution in [0.1, 0.15) is 36.8 Å². The second-order valence-electron chi connectivity index (χ2n) is 9.80. The van der Waals surface area contributed by atoms with Crippen LogP contribution in [-0.4, -0.2) is 44.7 Å². The number of nitrogens with one attached hydrogen (secondary N) is 1. The Bertz CT molecular complexity index is 1330. The highest BCUT2D eigenvalue weighted by Gasteiger charge is 2.43. The maximum atomic E-state index is 13.9. The smallest absolute Gasteiger partial charge is 0.126 e. The van der Waals surface area contributed by atoms with Crippen molar-refractivity contribution in [2.24, 2.45) is 0 Å². The molecule has 1 aromatic carbocycles. The maximum absolute atomic E-state index is 13.9. The van der Waals surface area contributed by atoms with Crippen molar-refractivity contribution >= 4 is 5.52 Å². The molecule has 5 nitrogen and oxygen atoms in total. The van der Waals surface area contributed by atoms with Crippen molar-refractivity contribution < 1.29 is 4.39 Å². The highest BCUT2D eigenvalue weighted by atomic mass is 19.1. The zero-order chi connectivity index (χ0) is 23.1. The van der Waals surface area contributed by atoms with Crippen molar-refractivity contribution in [1.82, 2.24) is 24.8 Å². The predicted molar refractivity (Wildman–Crippen MR) is 133 cm³/mol. The predicted octanol–water partition coefficient (Wildman–Crippen LogP) is 5.23. The van der Waals surface area contributed by atoms with E-state index >= 15 is 0 Å². The van der Waals surface area contributed by atoms with Crippen molar-refractivity contribution in [2.75, 3.05) is 19.6 Å². The first-order valence-electron chi connectivity index (χ1n) is 12.3. The first kappa shape index (κ1) is 21.4. The van der Waals surface area contributed by atoms with Gasteiger partial charge in [0.1, 0.15) is 5.82 Å². The van der Waals surface area contributed by atoms with E-state index in [9.17, 15) is 4.39 Å². The van der Waals surface area contributed by atoms with E-state index < -0.39 is 0 Å². The summed E-state index contributed by atoms with van der Waals surface area (Å²) in [5, 5.41) is 8.33. The Balaban J connectivity index is 1.28. The van der Waals surface area contributed by atoms with Crippen LogP contribution in [0.5, 0.6) is 0 Å². The fraction of sp³-hybridized carbons (Fsp3) is 0.357. The number of aryl methyl sites for hydroxylation is 1. The van der Waals surface area contributed by atoms with Crippen LogP contribution in [0.15, 0.2) is 61.1 Å². The summed E-state index contributed by atoms with van der Waals surface area (Å²) in [7, 11) is 0. The summed E-state index contributed by atoms with van der Waals surface area (Å²) in [6.45, 7) is 6.14. The minimum absolute atomic E-state index is 0.197. The molecule has 2 aliphatic heterocycles. The first-order valence-corrected chi connectivity index (χ1v) is 12.3. The van der Waals surface area contributed by atoms with Gasteiger partial charge in [0.25, 0.3) is 0 Å². The zero-order valence-electron chi connectivity index (χ0n) is 19.6. The van der Waals surface area contributed by atoms with Crippen LogP contribution in [0.2, 0.25) is 0 Å². The van der Waals surface area contributed by atoms with Gasteiger partial charge in [0.15, 0.2) is 0 Å². The maximum Gasteiger partial charge on any atom is 0.126 e. The third-order valence-electron chi connectivity index (χ3n) is 7.73. The largest absolute Gasteiger partial charge is 0.311 e. The van der Waals surface area contributed by atoms with E-state index in [4.69, 9.17) is 0 Å². The number of hydrogen-bond acceptors (Lipinski definition) is 4. The van der Waals surface area contributed by atoms with Crippen molar-refractivity contribution in [2.45, 2.75) is 44.7 Å². The molecule has 6 rings (SSSR count). The molecule has 34 heavy (non-hydrogen) atoms. The number of pyridine rings is 2. The molecule has 3 aromatic heterocycles. The van der Waals surface area contributed by atoms with E-state index in [2.05, 4.69) is 38.5 Å². The van der Waals surface area contributed by atoms with E-state index in [0.29, 0.717) is 11.1 Å². The minimum atomic E-state index is -0.197. The summed E-state index contributed by atoms with van der Waals surface area (Å²) < 4.78 is 15.8. The lowest BCUT2D eigenvalue weighted by Crippen LogP contribution is -2.46.